The summed E-state index contributed by atoms with van der Waals surface area (Å²) in [6.07, 6.45) is 0. The first-order valence-corrected chi connectivity index (χ1v) is 5.36. The van der Waals surface area contributed by atoms with Gasteiger partial charge in [0.15, 0.2) is 5.75 Å². The zero-order valence-electron chi connectivity index (χ0n) is 9.89. The van der Waals surface area contributed by atoms with Crippen molar-refractivity contribution < 1.29 is 20.1 Å². The fraction of sp³-hybridized carbons (Fsp3) is 0. The summed E-state index contributed by atoms with van der Waals surface area (Å²) in [5, 5.41) is 40.5. The first kappa shape index (κ1) is 13.3. The van der Waals surface area contributed by atoms with Gasteiger partial charge in [-0.3, -0.25) is 20.2 Å². The van der Waals surface area contributed by atoms with Crippen LogP contribution in [0.5, 0.6) is 11.5 Å². The summed E-state index contributed by atoms with van der Waals surface area (Å²) in [6, 6.07) is 7.51. The van der Waals surface area contributed by atoms with Gasteiger partial charge in [-0.1, -0.05) is 0 Å². The van der Waals surface area contributed by atoms with Crippen LogP contribution in [0.3, 0.4) is 0 Å². The Hall–Kier alpha value is -3.16. The van der Waals surface area contributed by atoms with Gasteiger partial charge in [0.1, 0.15) is 0 Å². The number of nitro benzene ring substituents is 2. The Morgan fingerprint density at radius 1 is 0.800 bits per heavy atom. The van der Waals surface area contributed by atoms with Crippen LogP contribution in [0.25, 0.3) is 11.1 Å². The molecule has 20 heavy (non-hydrogen) atoms. The van der Waals surface area contributed by atoms with Crippen molar-refractivity contribution in [2.45, 2.75) is 0 Å². The average molecular weight is 276 g/mol. The van der Waals surface area contributed by atoms with E-state index < -0.39 is 27.0 Å². The summed E-state index contributed by atoms with van der Waals surface area (Å²) in [6.45, 7) is 0. The predicted octanol–water partition coefficient (Wildman–Crippen LogP) is 2.58. The molecule has 8 nitrogen and oxygen atoms in total. The number of nitro groups is 2. The van der Waals surface area contributed by atoms with Gasteiger partial charge >= 0.3 is 5.69 Å². The van der Waals surface area contributed by atoms with Crippen molar-refractivity contribution in [3.63, 3.8) is 0 Å². The second-order valence-electron chi connectivity index (χ2n) is 3.89. The fourth-order valence-corrected chi connectivity index (χ4v) is 1.71. The minimum absolute atomic E-state index is 0.126. The highest BCUT2D eigenvalue weighted by Crippen LogP contribution is 2.42. The standard InChI is InChI=1S/C12H8N2O6/c15-11-9(5-6-10(12(11)16)14(19)20)7-1-3-8(4-2-7)13(17)18/h1-6,15-16H. The van der Waals surface area contributed by atoms with Gasteiger partial charge in [-0.2, -0.15) is 0 Å². The Morgan fingerprint density at radius 2 is 1.40 bits per heavy atom. The molecule has 8 heteroatoms. The molecule has 0 bridgehead atoms. The van der Waals surface area contributed by atoms with Gasteiger partial charge in [0.25, 0.3) is 5.69 Å². The van der Waals surface area contributed by atoms with Crippen LogP contribution in [0.2, 0.25) is 0 Å². The summed E-state index contributed by atoms with van der Waals surface area (Å²) in [7, 11) is 0. The number of non-ortho nitro benzene ring substituents is 1. The van der Waals surface area contributed by atoms with Gasteiger partial charge in [0.05, 0.1) is 9.85 Å². The third-order valence-corrected chi connectivity index (χ3v) is 2.72. The SMILES string of the molecule is O=[N+]([O-])c1ccc(-c2ccc([N+](=O)[O-])c(O)c2O)cc1. The normalized spacial score (nSPS) is 10.2. The number of rotatable bonds is 3. The molecular weight excluding hydrogens is 268 g/mol. The monoisotopic (exact) mass is 276 g/mol. The molecule has 0 aliphatic rings. The first-order chi connectivity index (χ1) is 9.41. The number of phenols is 2. The van der Waals surface area contributed by atoms with E-state index in [0.717, 1.165) is 6.07 Å². The Balaban J connectivity index is 2.51. The summed E-state index contributed by atoms with van der Waals surface area (Å²) in [4.78, 5) is 19.7. The maximum Gasteiger partial charge on any atom is 0.314 e. The van der Waals surface area contributed by atoms with Crippen LogP contribution in [0.4, 0.5) is 11.4 Å². The third kappa shape index (κ3) is 2.21. The molecule has 102 valence electrons. The Labute approximate surface area is 111 Å². The van der Waals surface area contributed by atoms with Gasteiger partial charge < -0.3 is 10.2 Å². The van der Waals surface area contributed by atoms with Gasteiger partial charge in [0, 0.05) is 23.8 Å². The van der Waals surface area contributed by atoms with Crippen molar-refractivity contribution in [2.24, 2.45) is 0 Å². The number of hydrogen-bond acceptors (Lipinski definition) is 6. The molecule has 0 unspecified atom stereocenters. The molecule has 0 atom stereocenters. The lowest BCUT2D eigenvalue weighted by molar-refractivity contribution is -0.386. The highest BCUT2D eigenvalue weighted by atomic mass is 16.6. The van der Waals surface area contributed by atoms with E-state index in [1.807, 2.05) is 0 Å². The molecule has 0 saturated carbocycles. The molecule has 2 rings (SSSR count). The number of phenolic OH excluding ortho intramolecular Hbond substituents is 2. The van der Waals surface area contributed by atoms with Crippen molar-refractivity contribution in [2.75, 3.05) is 0 Å². The lowest BCUT2D eigenvalue weighted by Gasteiger charge is -2.06. The quantitative estimate of drug-likeness (QED) is 0.504. The molecule has 0 aliphatic carbocycles. The number of benzene rings is 2. The summed E-state index contributed by atoms with van der Waals surface area (Å²) in [5.41, 5.74) is -0.214. The van der Waals surface area contributed by atoms with E-state index in [4.69, 9.17) is 0 Å². The van der Waals surface area contributed by atoms with Crippen LogP contribution < -0.4 is 0 Å². The Morgan fingerprint density at radius 3 is 1.90 bits per heavy atom. The van der Waals surface area contributed by atoms with Crippen LogP contribution in [-0.4, -0.2) is 20.1 Å². The molecular formula is C12H8N2O6. The van der Waals surface area contributed by atoms with E-state index in [0.29, 0.717) is 5.56 Å². The molecule has 0 aromatic heterocycles. The number of aromatic hydroxyl groups is 2. The maximum atomic E-state index is 10.6. The van der Waals surface area contributed by atoms with E-state index in [1.165, 1.54) is 30.3 Å². The highest BCUT2D eigenvalue weighted by Gasteiger charge is 2.20. The molecule has 2 N–H and O–H groups in total. The van der Waals surface area contributed by atoms with Crippen LogP contribution in [0.1, 0.15) is 0 Å². The van der Waals surface area contributed by atoms with Crippen molar-refractivity contribution in [1.29, 1.82) is 0 Å². The van der Waals surface area contributed by atoms with Crippen LogP contribution in [0.15, 0.2) is 36.4 Å². The van der Waals surface area contributed by atoms with Crippen molar-refractivity contribution in [3.8, 4) is 22.6 Å². The highest BCUT2D eigenvalue weighted by molar-refractivity contribution is 5.77. The third-order valence-electron chi connectivity index (χ3n) is 2.72. The predicted molar refractivity (Wildman–Crippen MR) is 68.5 cm³/mol. The van der Waals surface area contributed by atoms with Gasteiger partial charge in [-0.05, 0) is 23.8 Å². The smallest absolute Gasteiger partial charge is 0.314 e. The molecule has 0 fully saturated rings. The number of nitrogens with zero attached hydrogens (tertiary/aromatic N) is 2. The summed E-state index contributed by atoms with van der Waals surface area (Å²) in [5.74, 6) is -1.49. The lowest BCUT2D eigenvalue weighted by Crippen LogP contribution is -1.90. The van der Waals surface area contributed by atoms with E-state index in [2.05, 4.69) is 0 Å². The summed E-state index contributed by atoms with van der Waals surface area (Å²) >= 11 is 0. The molecule has 2 aromatic carbocycles. The van der Waals surface area contributed by atoms with Crippen LogP contribution >= 0.6 is 0 Å². The second kappa shape index (κ2) is 4.84. The van der Waals surface area contributed by atoms with E-state index >= 15 is 0 Å². The van der Waals surface area contributed by atoms with Crippen molar-refractivity contribution >= 4 is 11.4 Å². The van der Waals surface area contributed by atoms with Crippen LogP contribution in [-0.2, 0) is 0 Å². The molecule has 0 amide bonds. The molecule has 0 heterocycles. The van der Waals surface area contributed by atoms with Gasteiger partial charge in [-0.15, -0.1) is 0 Å². The zero-order chi connectivity index (χ0) is 14.9. The molecule has 0 spiro atoms. The fourth-order valence-electron chi connectivity index (χ4n) is 1.71. The zero-order valence-corrected chi connectivity index (χ0v) is 9.89. The van der Waals surface area contributed by atoms with Gasteiger partial charge in [0.2, 0.25) is 5.75 Å². The van der Waals surface area contributed by atoms with Crippen molar-refractivity contribution in [1.82, 2.24) is 0 Å². The van der Waals surface area contributed by atoms with Crippen molar-refractivity contribution in [3.05, 3.63) is 56.6 Å². The average Bonchev–Trinajstić information content (AvgIpc) is 2.41. The van der Waals surface area contributed by atoms with E-state index in [1.54, 1.807) is 0 Å². The minimum atomic E-state index is -0.842. The second-order valence-corrected chi connectivity index (χ2v) is 3.89. The number of hydrogen-bond donors (Lipinski definition) is 2. The largest absolute Gasteiger partial charge is 0.504 e. The topological polar surface area (TPSA) is 127 Å². The maximum absolute atomic E-state index is 10.6. The van der Waals surface area contributed by atoms with E-state index in [-0.39, 0.29) is 11.3 Å². The van der Waals surface area contributed by atoms with E-state index in [9.17, 15) is 30.4 Å². The Kier molecular flexibility index (Phi) is 3.21. The Bertz CT molecular complexity index is 696. The molecule has 0 saturated heterocycles. The molecule has 0 radical (unpaired) electrons. The summed E-state index contributed by atoms with van der Waals surface area (Å²) < 4.78 is 0. The van der Waals surface area contributed by atoms with Gasteiger partial charge in [-0.25, -0.2) is 0 Å². The first-order valence-electron chi connectivity index (χ1n) is 5.36. The minimum Gasteiger partial charge on any atom is -0.504 e. The molecule has 2 aromatic rings. The lowest BCUT2D eigenvalue weighted by atomic mass is 10.0. The molecule has 0 aliphatic heterocycles. The van der Waals surface area contributed by atoms with Crippen LogP contribution in [0, 0.1) is 20.2 Å².